The molecule has 1 aromatic carbocycles. The number of aliphatic hydroxyl groups is 1. The summed E-state index contributed by atoms with van der Waals surface area (Å²) in [5, 5.41) is 12.0. The van der Waals surface area contributed by atoms with E-state index < -0.39 is 11.6 Å². The Bertz CT molecular complexity index is 1300. The van der Waals surface area contributed by atoms with Crippen LogP contribution in [-0.2, 0) is 33.7 Å². The van der Waals surface area contributed by atoms with Gasteiger partial charge in [0.1, 0.15) is 6.61 Å². The highest BCUT2D eigenvalue weighted by Crippen LogP contribution is 2.39. The molecule has 0 amide bonds. The van der Waals surface area contributed by atoms with Crippen LogP contribution in [0, 0.1) is 0 Å². The van der Waals surface area contributed by atoms with Gasteiger partial charge in [0, 0.05) is 16.5 Å². The van der Waals surface area contributed by atoms with Gasteiger partial charge in [0.25, 0.3) is 5.56 Å². The first-order valence-corrected chi connectivity index (χ1v) is 10.3. The van der Waals surface area contributed by atoms with E-state index in [0.29, 0.717) is 23.4 Å². The van der Waals surface area contributed by atoms with Crippen molar-refractivity contribution in [2.75, 3.05) is 0 Å². The molecule has 2 aliphatic heterocycles. The minimum absolute atomic E-state index is 0.0356. The molecule has 0 saturated heterocycles. The predicted octanol–water partition coefficient (Wildman–Crippen LogP) is 3.38. The standard InChI is InChI=1S/C24H24N2O4/c1-5-24(29)17-10-19-20-13(11-26(19)21(27)15(17)12-30-22(24)28)9-14-16(23(2,3)4)7-6-8-18(14)25-20/h6-10,29H,5,11-12H2,1-4H3/t24-/m0/s1. The summed E-state index contributed by atoms with van der Waals surface area (Å²) in [5.74, 6) is -0.707. The van der Waals surface area contributed by atoms with Crippen LogP contribution in [0.5, 0.6) is 0 Å². The SMILES string of the molecule is CC[C@@]1(O)C(=O)OCc2c1cc1n(c2=O)Cc2cc3c(C(C)(C)C)cccc3nc2-1. The molecule has 0 bridgehead atoms. The van der Waals surface area contributed by atoms with Gasteiger partial charge in [-0.15, -0.1) is 0 Å². The summed E-state index contributed by atoms with van der Waals surface area (Å²) < 4.78 is 6.79. The van der Waals surface area contributed by atoms with Crippen LogP contribution < -0.4 is 5.56 Å². The molecule has 0 saturated carbocycles. The van der Waals surface area contributed by atoms with Crippen molar-refractivity contribution in [1.29, 1.82) is 0 Å². The van der Waals surface area contributed by atoms with Crippen LogP contribution >= 0.6 is 0 Å². The third-order valence-corrected chi connectivity index (χ3v) is 6.36. The Morgan fingerprint density at radius 2 is 2.00 bits per heavy atom. The van der Waals surface area contributed by atoms with Gasteiger partial charge in [0.2, 0.25) is 0 Å². The Morgan fingerprint density at radius 3 is 2.70 bits per heavy atom. The van der Waals surface area contributed by atoms with Crippen LogP contribution in [0.3, 0.4) is 0 Å². The van der Waals surface area contributed by atoms with Gasteiger partial charge >= 0.3 is 5.97 Å². The zero-order valence-corrected chi connectivity index (χ0v) is 17.6. The van der Waals surface area contributed by atoms with Crippen molar-refractivity contribution in [3.05, 3.63) is 62.9 Å². The van der Waals surface area contributed by atoms with Crippen molar-refractivity contribution in [2.45, 2.75) is 58.3 Å². The molecule has 6 heteroatoms. The molecule has 4 heterocycles. The summed E-state index contributed by atoms with van der Waals surface area (Å²) in [6, 6.07) is 9.97. The summed E-state index contributed by atoms with van der Waals surface area (Å²) in [6.45, 7) is 8.52. The molecule has 2 aromatic heterocycles. The summed E-state index contributed by atoms with van der Waals surface area (Å²) in [5.41, 5.74) is 3.01. The number of benzene rings is 1. The molecule has 0 fully saturated rings. The van der Waals surface area contributed by atoms with Crippen molar-refractivity contribution < 1.29 is 14.6 Å². The zero-order valence-electron chi connectivity index (χ0n) is 17.6. The first-order chi connectivity index (χ1) is 14.1. The second-order valence-corrected chi connectivity index (χ2v) is 9.22. The molecule has 0 unspecified atom stereocenters. The monoisotopic (exact) mass is 404 g/mol. The van der Waals surface area contributed by atoms with E-state index in [1.807, 2.05) is 12.1 Å². The zero-order chi connectivity index (χ0) is 21.4. The second kappa shape index (κ2) is 6.01. The Morgan fingerprint density at radius 1 is 1.23 bits per heavy atom. The maximum atomic E-state index is 13.2. The molecule has 30 heavy (non-hydrogen) atoms. The maximum absolute atomic E-state index is 13.2. The van der Waals surface area contributed by atoms with Crippen LogP contribution in [0.2, 0.25) is 0 Å². The van der Waals surface area contributed by atoms with Crippen molar-refractivity contribution in [3.63, 3.8) is 0 Å². The van der Waals surface area contributed by atoms with Gasteiger partial charge in [0.15, 0.2) is 5.60 Å². The molecule has 1 N–H and O–H groups in total. The number of fused-ring (bicyclic) bond motifs is 5. The highest BCUT2D eigenvalue weighted by molar-refractivity contribution is 5.88. The molecule has 0 spiro atoms. The molecule has 3 aromatic rings. The Balaban J connectivity index is 1.78. The van der Waals surface area contributed by atoms with Crippen LogP contribution in [-0.4, -0.2) is 20.6 Å². The van der Waals surface area contributed by atoms with E-state index in [-0.39, 0.29) is 24.0 Å². The first kappa shape index (κ1) is 19.0. The van der Waals surface area contributed by atoms with E-state index in [4.69, 9.17) is 9.72 Å². The Kier molecular flexibility index (Phi) is 3.81. The van der Waals surface area contributed by atoms with E-state index in [9.17, 15) is 14.7 Å². The topological polar surface area (TPSA) is 81.4 Å². The fourth-order valence-electron chi connectivity index (χ4n) is 4.66. The van der Waals surface area contributed by atoms with E-state index >= 15 is 0 Å². The van der Waals surface area contributed by atoms with Gasteiger partial charge in [-0.3, -0.25) is 4.79 Å². The molecule has 5 rings (SSSR count). The van der Waals surface area contributed by atoms with Gasteiger partial charge < -0.3 is 14.4 Å². The number of carbonyl (C=O) groups excluding carboxylic acids is 1. The van der Waals surface area contributed by atoms with E-state index in [1.54, 1.807) is 17.6 Å². The summed E-state index contributed by atoms with van der Waals surface area (Å²) in [4.78, 5) is 30.4. The van der Waals surface area contributed by atoms with Crippen LogP contribution in [0.25, 0.3) is 22.3 Å². The van der Waals surface area contributed by atoms with Crippen LogP contribution in [0.4, 0.5) is 0 Å². The quantitative estimate of drug-likeness (QED) is 0.492. The summed E-state index contributed by atoms with van der Waals surface area (Å²) in [6.07, 6.45) is 0.134. The average molecular weight is 404 g/mol. The normalized spacial score (nSPS) is 20.0. The lowest BCUT2D eigenvalue weighted by atomic mass is 9.84. The lowest BCUT2D eigenvalue weighted by Gasteiger charge is -2.31. The number of hydrogen-bond acceptors (Lipinski definition) is 5. The Labute approximate surface area is 174 Å². The molecular formula is C24H24N2O4. The molecule has 154 valence electrons. The number of pyridine rings is 2. The van der Waals surface area contributed by atoms with Gasteiger partial charge in [-0.05, 0) is 35.6 Å². The number of esters is 1. The molecule has 0 radical (unpaired) electrons. The molecule has 2 aliphatic rings. The van der Waals surface area contributed by atoms with E-state index in [1.165, 1.54) is 5.56 Å². The minimum Gasteiger partial charge on any atom is -0.458 e. The fourth-order valence-corrected chi connectivity index (χ4v) is 4.66. The second-order valence-electron chi connectivity index (χ2n) is 9.22. The van der Waals surface area contributed by atoms with Gasteiger partial charge in [0.05, 0.1) is 29.0 Å². The summed E-state index contributed by atoms with van der Waals surface area (Å²) in [7, 11) is 0. The number of rotatable bonds is 1. The smallest absolute Gasteiger partial charge is 0.343 e. The maximum Gasteiger partial charge on any atom is 0.343 e. The lowest BCUT2D eigenvalue weighted by molar-refractivity contribution is -0.172. The van der Waals surface area contributed by atoms with E-state index in [0.717, 1.165) is 22.2 Å². The largest absolute Gasteiger partial charge is 0.458 e. The van der Waals surface area contributed by atoms with Gasteiger partial charge in [-0.25, -0.2) is 9.78 Å². The number of carbonyl (C=O) groups is 1. The van der Waals surface area contributed by atoms with Crippen LogP contribution in [0.15, 0.2) is 35.1 Å². The third-order valence-electron chi connectivity index (χ3n) is 6.36. The predicted molar refractivity (Wildman–Crippen MR) is 113 cm³/mol. The molecule has 1 atom stereocenters. The van der Waals surface area contributed by atoms with Gasteiger partial charge in [-0.1, -0.05) is 39.8 Å². The molecule has 6 nitrogen and oxygen atoms in total. The lowest BCUT2D eigenvalue weighted by Crippen LogP contribution is -2.44. The molecule has 0 aliphatic carbocycles. The number of ether oxygens (including phenoxy) is 1. The third kappa shape index (κ3) is 2.43. The van der Waals surface area contributed by atoms with Crippen molar-refractivity contribution >= 4 is 16.9 Å². The number of cyclic esters (lactones) is 1. The van der Waals surface area contributed by atoms with Crippen molar-refractivity contribution in [1.82, 2.24) is 9.55 Å². The van der Waals surface area contributed by atoms with Gasteiger partial charge in [-0.2, -0.15) is 0 Å². The number of nitrogens with zero attached hydrogens (tertiary/aromatic N) is 2. The van der Waals surface area contributed by atoms with E-state index in [2.05, 4.69) is 32.9 Å². The average Bonchev–Trinajstić information content (AvgIpc) is 3.06. The molecular weight excluding hydrogens is 380 g/mol. The van der Waals surface area contributed by atoms with Crippen LogP contribution in [0.1, 0.15) is 56.4 Å². The fraction of sp³-hybridized carbons (Fsp3) is 0.375. The highest BCUT2D eigenvalue weighted by atomic mass is 16.6. The minimum atomic E-state index is -1.80. The number of aromatic nitrogens is 2. The van der Waals surface area contributed by atoms with Crippen molar-refractivity contribution in [2.24, 2.45) is 0 Å². The van der Waals surface area contributed by atoms with Crippen molar-refractivity contribution in [3.8, 4) is 11.4 Å². The highest BCUT2D eigenvalue weighted by Gasteiger charge is 2.45. The Hall–Kier alpha value is -2.99. The summed E-state index contributed by atoms with van der Waals surface area (Å²) >= 11 is 0. The number of hydrogen-bond donors (Lipinski definition) is 1. The first-order valence-electron chi connectivity index (χ1n) is 10.3.